The average Bonchev–Trinajstić information content (AvgIpc) is 2.25. The number of rotatable bonds is 9. The van der Waals surface area contributed by atoms with Gasteiger partial charge in [-0.05, 0) is 18.9 Å². The molecule has 0 rings (SSSR count). The van der Waals surface area contributed by atoms with E-state index in [-0.39, 0.29) is 24.0 Å². The van der Waals surface area contributed by atoms with Crippen LogP contribution in [0.3, 0.4) is 0 Å². The maximum absolute atomic E-state index is 11.3. The summed E-state index contributed by atoms with van der Waals surface area (Å²) in [5, 5.41) is 5.71. The SMILES string of the molecule is CCS(=O)(=O)CCCNCC(=O)NCC(C)C. The van der Waals surface area contributed by atoms with E-state index in [1.54, 1.807) is 6.92 Å². The standard InChI is InChI=1S/C11H24N2O3S/c1-4-17(15,16)7-5-6-12-9-11(14)13-8-10(2)3/h10,12H,4-9H2,1-3H3,(H,13,14). The van der Waals surface area contributed by atoms with E-state index in [4.69, 9.17) is 0 Å². The largest absolute Gasteiger partial charge is 0.355 e. The van der Waals surface area contributed by atoms with Crippen LogP contribution in [0.2, 0.25) is 0 Å². The quantitative estimate of drug-likeness (QED) is 0.582. The lowest BCUT2D eigenvalue weighted by molar-refractivity contribution is -0.120. The van der Waals surface area contributed by atoms with E-state index in [1.807, 2.05) is 13.8 Å². The summed E-state index contributed by atoms with van der Waals surface area (Å²) in [6.07, 6.45) is 0.549. The van der Waals surface area contributed by atoms with Gasteiger partial charge >= 0.3 is 0 Å². The Morgan fingerprint density at radius 2 is 1.94 bits per heavy atom. The first-order chi connectivity index (χ1) is 7.87. The number of hydrogen-bond acceptors (Lipinski definition) is 4. The summed E-state index contributed by atoms with van der Waals surface area (Å²) in [7, 11) is -2.88. The molecule has 0 saturated carbocycles. The lowest BCUT2D eigenvalue weighted by Crippen LogP contribution is -2.36. The van der Waals surface area contributed by atoms with Crippen LogP contribution < -0.4 is 10.6 Å². The molecule has 0 radical (unpaired) electrons. The Balaban J connectivity index is 3.49. The minimum atomic E-state index is -2.88. The number of sulfone groups is 1. The van der Waals surface area contributed by atoms with Crippen molar-refractivity contribution in [2.24, 2.45) is 5.92 Å². The summed E-state index contributed by atoms with van der Waals surface area (Å²) in [5.41, 5.74) is 0. The van der Waals surface area contributed by atoms with Crippen molar-refractivity contribution in [3.05, 3.63) is 0 Å². The third-order valence-electron chi connectivity index (χ3n) is 2.24. The molecule has 2 N–H and O–H groups in total. The third kappa shape index (κ3) is 10.3. The Morgan fingerprint density at radius 3 is 2.47 bits per heavy atom. The van der Waals surface area contributed by atoms with Gasteiger partial charge in [0.2, 0.25) is 5.91 Å². The van der Waals surface area contributed by atoms with Crippen LogP contribution in [0.1, 0.15) is 27.2 Å². The van der Waals surface area contributed by atoms with Crippen LogP contribution >= 0.6 is 0 Å². The highest BCUT2D eigenvalue weighted by Crippen LogP contribution is 1.92. The van der Waals surface area contributed by atoms with Gasteiger partial charge in [0.25, 0.3) is 0 Å². The molecule has 0 aliphatic carbocycles. The summed E-state index contributed by atoms with van der Waals surface area (Å²) in [6.45, 7) is 7.17. The Kier molecular flexibility index (Phi) is 8.16. The van der Waals surface area contributed by atoms with Crippen molar-refractivity contribution in [3.8, 4) is 0 Å². The average molecular weight is 264 g/mol. The van der Waals surface area contributed by atoms with Gasteiger partial charge in [-0.2, -0.15) is 0 Å². The van der Waals surface area contributed by atoms with E-state index < -0.39 is 9.84 Å². The molecule has 0 unspecified atom stereocenters. The lowest BCUT2D eigenvalue weighted by Gasteiger charge is -2.08. The molecule has 0 aromatic rings. The fourth-order valence-electron chi connectivity index (χ4n) is 1.14. The highest BCUT2D eigenvalue weighted by Gasteiger charge is 2.06. The molecule has 0 bridgehead atoms. The van der Waals surface area contributed by atoms with Gasteiger partial charge in [0.15, 0.2) is 0 Å². The van der Waals surface area contributed by atoms with Gasteiger partial charge in [-0.25, -0.2) is 8.42 Å². The Bertz CT molecular complexity index is 313. The van der Waals surface area contributed by atoms with Crippen LogP contribution in [0.5, 0.6) is 0 Å². The molecule has 0 aromatic carbocycles. The van der Waals surface area contributed by atoms with E-state index in [0.29, 0.717) is 25.4 Å². The first-order valence-electron chi connectivity index (χ1n) is 6.05. The maximum atomic E-state index is 11.3. The summed E-state index contributed by atoms with van der Waals surface area (Å²) in [6, 6.07) is 0. The van der Waals surface area contributed by atoms with Crippen molar-refractivity contribution in [2.45, 2.75) is 27.2 Å². The lowest BCUT2D eigenvalue weighted by atomic mass is 10.2. The van der Waals surface area contributed by atoms with Crippen molar-refractivity contribution >= 4 is 15.7 Å². The van der Waals surface area contributed by atoms with E-state index in [1.165, 1.54) is 0 Å². The van der Waals surface area contributed by atoms with E-state index in [2.05, 4.69) is 10.6 Å². The molecule has 6 heteroatoms. The second-order valence-corrected chi connectivity index (χ2v) is 6.94. The fraction of sp³-hybridized carbons (Fsp3) is 0.909. The van der Waals surface area contributed by atoms with Crippen molar-refractivity contribution in [3.63, 3.8) is 0 Å². The summed E-state index contributed by atoms with van der Waals surface area (Å²) < 4.78 is 22.3. The Morgan fingerprint density at radius 1 is 1.29 bits per heavy atom. The van der Waals surface area contributed by atoms with Crippen molar-refractivity contribution in [1.82, 2.24) is 10.6 Å². The number of carbonyl (C=O) groups is 1. The smallest absolute Gasteiger partial charge is 0.233 e. The molecule has 0 aromatic heterocycles. The molecule has 1 amide bonds. The van der Waals surface area contributed by atoms with Gasteiger partial charge in [-0.15, -0.1) is 0 Å². The molecule has 0 heterocycles. The van der Waals surface area contributed by atoms with Crippen LogP contribution in [0.4, 0.5) is 0 Å². The molecule has 102 valence electrons. The molecule has 17 heavy (non-hydrogen) atoms. The molecule has 0 spiro atoms. The monoisotopic (exact) mass is 264 g/mol. The molecule has 5 nitrogen and oxygen atoms in total. The molecule has 0 aliphatic rings. The highest BCUT2D eigenvalue weighted by atomic mass is 32.2. The second kappa shape index (κ2) is 8.47. The fourth-order valence-corrected chi connectivity index (χ4v) is 2.02. The van der Waals surface area contributed by atoms with Crippen LogP contribution in [0.15, 0.2) is 0 Å². The van der Waals surface area contributed by atoms with Crippen molar-refractivity contribution in [2.75, 3.05) is 31.1 Å². The predicted molar refractivity (Wildman–Crippen MR) is 69.7 cm³/mol. The van der Waals surface area contributed by atoms with Crippen molar-refractivity contribution in [1.29, 1.82) is 0 Å². The first-order valence-corrected chi connectivity index (χ1v) is 7.87. The van der Waals surface area contributed by atoms with Crippen LogP contribution in [-0.2, 0) is 14.6 Å². The van der Waals surface area contributed by atoms with Gasteiger partial charge in [0.05, 0.1) is 12.3 Å². The molecule has 0 fully saturated rings. The molecular formula is C11H24N2O3S. The zero-order valence-electron chi connectivity index (χ0n) is 11.0. The normalized spacial score (nSPS) is 11.8. The number of amides is 1. The number of nitrogens with one attached hydrogen (secondary N) is 2. The van der Waals surface area contributed by atoms with E-state index >= 15 is 0 Å². The number of hydrogen-bond donors (Lipinski definition) is 2. The minimum Gasteiger partial charge on any atom is -0.355 e. The Hall–Kier alpha value is -0.620. The van der Waals surface area contributed by atoms with Crippen molar-refractivity contribution < 1.29 is 13.2 Å². The third-order valence-corrected chi connectivity index (χ3v) is 4.03. The maximum Gasteiger partial charge on any atom is 0.233 e. The second-order valence-electron chi connectivity index (χ2n) is 4.46. The summed E-state index contributed by atoms with van der Waals surface area (Å²) in [5.74, 6) is 0.761. The van der Waals surface area contributed by atoms with Gasteiger partial charge in [-0.1, -0.05) is 20.8 Å². The minimum absolute atomic E-state index is 0.0444. The molecule has 0 atom stereocenters. The zero-order chi connectivity index (χ0) is 13.3. The van der Waals surface area contributed by atoms with Crippen LogP contribution in [0, 0.1) is 5.92 Å². The molecular weight excluding hydrogens is 240 g/mol. The molecule has 0 aliphatic heterocycles. The van der Waals surface area contributed by atoms with E-state index in [0.717, 1.165) is 0 Å². The predicted octanol–water partition coefficient (Wildman–Crippen LogP) is 0.173. The van der Waals surface area contributed by atoms with Crippen LogP contribution in [0.25, 0.3) is 0 Å². The van der Waals surface area contributed by atoms with Gasteiger partial charge in [0, 0.05) is 12.3 Å². The summed E-state index contributed by atoms with van der Waals surface area (Å²) >= 11 is 0. The van der Waals surface area contributed by atoms with Gasteiger partial charge in [-0.3, -0.25) is 4.79 Å². The first kappa shape index (κ1) is 16.4. The van der Waals surface area contributed by atoms with Gasteiger partial charge in [0.1, 0.15) is 9.84 Å². The topological polar surface area (TPSA) is 75.3 Å². The van der Waals surface area contributed by atoms with Crippen LogP contribution in [-0.4, -0.2) is 45.5 Å². The van der Waals surface area contributed by atoms with Gasteiger partial charge < -0.3 is 10.6 Å². The zero-order valence-corrected chi connectivity index (χ0v) is 11.8. The molecule has 0 saturated heterocycles. The highest BCUT2D eigenvalue weighted by molar-refractivity contribution is 7.91. The Labute approximate surface area is 104 Å². The number of carbonyl (C=O) groups excluding carboxylic acids is 1. The van der Waals surface area contributed by atoms with E-state index in [9.17, 15) is 13.2 Å². The summed E-state index contributed by atoms with van der Waals surface area (Å²) in [4.78, 5) is 11.3.